The van der Waals surface area contributed by atoms with Crippen molar-refractivity contribution in [2.45, 2.75) is 63.5 Å². The molecule has 2 amide bonds. The number of carbonyl (C=O) groups is 3. The van der Waals surface area contributed by atoms with E-state index in [0.717, 1.165) is 25.7 Å². The van der Waals surface area contributed by atoms with E-state index in [4.69, 9.17) is 9.84 Å². The summed E-state index contributed by atoms with van der Waals surface area (Å²) in [5.74, 6) is -1.03. The molecule has 186 valence electrons. The average Bonchev–Trinajstić information content (AvgIpc) is 3.19. The second-order valence-corrected chi connectivity index (χ2v) is 9.68. The number of likely N-dealkylation sites (N-methyl/N-ethyl adjacent to an activating group) is 1. The first-order valence-electron chi connectivity index (χ1n) is 12.5. The van der Waals surface area contributed by atoms with Crippen LogP contribution in [-0.2, 0) is 14.3 Å². The van der Waals surface area contributed by atoms with Gasteiger partial charge in [0.25, 0.3) is 0 Å². The molecule has 2 aliphatic carbocycles. The topological polar surface area (TPSA) is 95.9 Å². The molecule has 0 heterocycles. The highest BCUT2D eigenvalue weighted by Gasteiger charge is 2.31. The molecule has 0 spiro atoms. The van der Waals surface area contributed by atoms with Gasteiger partial charge in [-0.1, -0.05) is 61.4 Å². The van der Waals surface area contributed by atoms with Gasteiger partial charge in [0.2, 0.25) is 5.91 Å². The molecule has 0 bridgehead atoms. The Morgan fingerprint density at radius 1 is 1.03 bits per heavy atom. The maximum absolute atomic E-state index is 12.8. The molecule has 35 heavy (non-hydrogen) atoms. The summed E-state index contributed by atoms with van der Waals surface area (Å²) in [6.45, 7) is 1.77. The predicted molar refractivity (Wildman–Crippen MR) is 133 cm³/mol. The molecule has 0 aliphatic heterocycles. The first kappa shape index (κ1) is 24.8. The van der Waals surface area contributed by atoms with E-state index in [1.807, 2.05) is 24.3 Å². The number of aliphatic carboxylic acids is 1. The zero-order valence-corrected chi connectivity index (χ0v) is 20.4. The number of benzene rings is 2. The third-order valence-electron chi connectivity index (χ3n) is 7.62. The van der Waals surface area contributed by atoms with Crippen LogP contribution in [0.15, 0.2) is 48.5 Å². The molecule has 2 aromatic rings. The van der Waals surface area contributed by atoms with E-state index in [-0.39, 0.29) is 36.8 Å². The van der Waals surface area contributed by atoms with Gasteiger partial charge in [0.05, 0.1) is 0 Å². The van der Waals surface area contributed by atoms with Crippen LogP contribution in [0, 0.1) is 5.92 Å². The zero-order valence-electron chi connectivity index (χ0n) is 20.4. The summed E-state index contributed by atoms with van der Waals surface area (Å²) in [7, 11) is 1.52. The summed E-state index contributed by atoms with van der Waals surface area (Å²) >= 11 is 0. The summed E-state index contributed by atoms with van der Waals surface area (Å²) in [4.78, 5) is 37.7. The van der Waals surface area contributed by atoms with Gasteiger partial charge in [-0.15, -0.1) is 0 Å². The number of ether oxygens (including phenoxy) is 1. The van der Waals surface area contributed by atoms with Gasteiger partial charge in [-0.05, 0) is 54.4 Å². The molecule has 0 saturated heterocycles. The minimum absolute atomic E-state index is 0.0136. The maximum Gasteiger partial charge on any atom is 0.407 e. The lowest BCUT2D eigenvalue weighted by atomic mass is 9.81. The molecule has 3 atom stereocenters. The Hall–Kier alpha value is -3.35. The van der Waals surface area contributed by atoms with Crippen molar-refractivity contribution in [3.63, 3.8) is 0 Å². The van der Waals surface area contributed by atoms with E-state index < -0.39 is 18.1 Å². The molecule has 1 saturated carbocycles. The van der Waals surface area contributed by atoms with E-state index in [2.05, 4.69) is 29.6 Å². The molecule has 2 aromatic carbocycles. The minimum Gasteiger partial charge on any atom is -0.480 e. The molecule has 7 nitrogen and oxygen atoms in total. The number of hydrogen-bond acceptors (Lipinski definition) is 4. The molecular weight excluding hydrogens is 444 g/mol. The Morgan fingerprint density at radius 3 is 2.26 bits per heavy atom. The van der Waals surface area contributed by atoms with Crippen LogP contribution in [0.25, 0.3) is 11.1 Å². The first-order chi connectivity index (χ1) is 16.9. The van der Waals surface area contributed by atoms with Crippen LogP contribution in [0.5, 0.6) is 0 Å². The van der Waals surface area contributed by atoms with Crippen LogP contribution in [0.2, 0.25) is 0 Å². The largest absolute Gasteiger partial charge is 0.480 e. The van der Waals surface area contributed by atoms with E-state index in [9.17, 15) is 14.4 Å². The predicted octanol–water partition coefficient (Wildman–Crippen LogP) is 4.80. The highest BCUT2D eigenvalue weighted by Crippen LogP contribution is 2.44. The Bertz CT molecular complexity index is 1040. The van der Waals surface area contributed by atoms with E-state index in [0.29, 0.717) is 6.42 Å². The zero-order chi connectivity index (χ0) is 24.9. The van der Waals surface area contributed by atoms with Crippen molar-refractivity contribution in [3.8, 4) is 11.1 Å². The lowest BCUT2D eigenvalue weighted by molar-refractivity contribution is -0.148. The van der Waals surface area contributed by atoms with Gasteiger partial charge in [0, 0.05) is 25.4 Å². The number of nitrogens with one attached hydrogen (secondary N) is 1. The fourth-order valence-electron chi connectivity index (χ4n) is 5.40. The van der Waals surface area contributed by atoms with Crippen LogP contribution in [0.4, 0.5) is 4.79 Å². The molecule has 0 aromatic heterocycles. The fourth-order valence-corrected chi connectivity index (χ4v) is 5.40. The van der Waals surface area contributed by atoms with E-state index in [1.54, 1.807) is 0 Å². The highest BCUT2D eigenvalue weighted by molar-refractivity contribution is 5.83. The summed E-state index contributed by atoms with van der Waals surface area (Å²) in [6, 6.07) is 15.6. The molecule has 7 heteroatoms. The minimum atomic E-state index is -1.02. The van der Waals surface area contributed by atoms with E-state index >= 15 is 0 Å². The number of nitrogens with zero attached hydrogens (tertiary/aromatic N) is 1. The number of fused-ring (bicyclic) bond motifs is 3. The molecule has 1 fully saturated rings. The fraction of sp³-hybridized carbons (Fsp3) is 0.464. The third-order valence-corrected chi connectivity index (χ3v) is 7.62. The molecular formula is C28H34N2O5. The van der Waals surface area contributed by atoms with Crippen LogP contribution in [-0.4, -0.2) is 53.7 Å². The number of amides is 2. The smallest absolute Gasteiger partial charge is 0.407 e. The van der Waals surface area contributed by atoms with Crippen molar-refractivity contribution in [3.05, 3.63) is 59.7 Å². The second kappa shape index (κ2) is 10.9. The second-order valence-electron chi connectivity index (χ2n) is 9.68. The Labute approximate surface area is 206 Å². The van der Waals surface area contributed by atoms with Gasteiger partial charge < -0.3 is 20.1 Å². The first-order valence-corrected chi connectivity index (χ1v) is 12.5. The number of carbonyl (C=O) groups excluding carboxylic acids is 2. The standard InChI is InChI=1S/C28H34N2O5/c1-18(27(32)33)30(2)26(31)16-15-19-9-3-8-14-25(19)29-28(34)35-17-24-22-12-6-4-10-20(22)21-11-5-7-13-23(21)24/h4-7,10-13,18-19,24-25H,3,8-9,14-17H2,1-2H3,(H,29,34)(H,32,33)/t18-,19?,25?/m0/s1. The third kappa shape index (κ3) is 5.50. The van der Waals surface area contributed by atoms with Crippen molar-refractivity contribution in [2.75, 3.05) is 13.7 Å². The summed E-state index contributed by atoms with van der Waals surface area (Å²) in [5.41, 5.74) is 4.73. The summed E-state index contributed by atoms with van der Waals surface area (Å²) in [5, 5.41) is 12.2. The summed E-state index contributed by atoms with van der Waals surface area (Å²) < 4.78 is 5.72. The van der Waals surface area contributed by atoms with Crippen LogP contribution >= 0.6 is 0 Å². The quantitative estimate of drug-likeness (QED) is 0.568. The Kier molecular flexibility index (Phi) is 7.73. The SMILES string of the molecule is C[C@@H](C(=O)O)N(C)C(=O)CCC1CCCCC1NC(=O)OCC1c2ccccc2-c2ccccc21. The monoisotopic (exact) mass is 478 g/mol. The number of rotatable bonds is 8. The van der Waals surface area contributed by atoms with Gasteiger partial charge in [0.15, 0.2) is 0 Å². The van der Waals surface area contributed by atoms with Gasteiger partial charge in [-0.25, -0.2) is 9.59 Å². The molecule has 0 radical (unpaired) electrons. The van der Waals surface area contributed by atoms with Gasteiger partial charge in [0.1, 0.15) is 12.6 Å². The lowest BCUT2D eigenvalue weighted by Crippen LogP contribution is -2.44. The van der Waals surface area contributed by atoms with Crippen molar-refractivity contribution in [1.29, 1.82) is 0 Å². The molecule has 2 unspecified atom stereocenters. The number of carboxylic acids is 1. The number of alkyl carbamates (subject to hydrolysis) is 1. The number of carboxylic acid groups (broad SMARTS) is 1. The van der Waals surface area contributed by atoms with Crippen molar-refractivity contribution in [1.82, 2.24) is 10.2 Å². The van der Waals surface area contributed by atoms with Gasteiger partial charge in [-0.3, -0.25) is 4.79 Å². The van der Waals surface area contributed by atoms with Crippen LogP contribution < -0.4 is 5.32 Å². The Morgan fingerprint density at radius 2 is 1.63 bits per heavy atom. The molecule has 2 aliphatic rings. The normalized spacial score (nSPS) is 19.8. The Balaban J connectivity index is 1.33. The van der Waals surface area contributed by atoms with Crippen molar-refractivity contribution in [2.24, 2.45) is 5.92 Å². The van der Waals surface area contributed by atoms with Gasteiger partial charge in [-0.2, -0.15) is 0 Å². The maximum atomic E-state index is 12.8. The molecule has 4 rings (SSSR count). The number of hydrogen-bond donors (Lipinski definition) is 2. The van der Waals surface area contributed by atoms with Gasteiger partial charge >= 0.3 is 12.1 Å². The van der Waals surface area contributed by atoms with Crippen molar-refractivity contribution < 1.29 is 24.2 Å². The molecule has 2 N–H and O–H groups in total. The van der Waals surface area contributed by atoms with Crippen LogP contribution in [0.3, 0.4) is 0 Å². The highest BCUT2D eigenvalue weighted by atomic mass is 16.5. The van der Waals surface area contributed by atoms with E-state index in [1.165, 1.54) is 41.1 Å². The van der Waals surface area contributed by atoms with Crippen molar-refractivity contribution >= 4 is 18.0 Å². The summed E-state index contributed by atoms with van der Waals surface area (Å²) in [6.07, 6.45) is 4.32. The van der Waals surface area contributed by atoms with Crippen LogP contribution in [0.1, 0.15) is 62.5 Å². The average molecular weight is 479 g/mol. The lowest BCUT2D eigenvalue weighted by Gasteiger charge is -2.32.